The van der Waals surface area contributed by atoms with Crippen molar-refractivity contribution in [2.24, 2.45) is 12.1 Å². The zero-order chi connectivity index (χ0) is 23.2. The third kappa shape index (κ3) is 5.32. The van der Waals surface area contributed by atoms with Crippen molar-refractivity contribution in [2.45, 2.75) is 12.1 Å². The first kappa shape index (κ1) is 22.3. The second kappa shape index (κ2) is 10.2. The van der Waals surface area contributed by atoms with Crippen molar-refractivity contribution < 1.29 is 9.53 Å². The maximum atomic E-state index is 12.3. The molecule has 0 saturated heterocycles. The van der Waals surface area contributed by atoms with Gasteiger partial charge in [0.05, 0.1) is 24.8 Å². The third-order valence-corrected chi connectivity index (χ3v) is 5.91. The first-order valence-electron chi connectivity index (χ1n) is 10.3. The van der Waals surface area contributed by atoms with Crippen LogP contribution in [0.15, 0.2) is 77.1 Å². The molecule has 2 aromatic heterocycles. The fraction of sp³-hybridized carbons (Fsp3) is 0.167. The van der Waals surface area contributed by atoms with Gasteiger partial charge >= 0.3 is 0 Å². The second-order valence-electron chi connectivity index (χ2n) is 7.33. The minimum Gasteiger partial charge on any atom is -0.497 e. The molecule has 0 fully saturated rings. The van der Waals surface area contributed by atoms with Crippen molar-refractivity contribution in [3.05, 3.63) is 78.1 Å². The van der Waals surface area contributed by atoms with Gasteiger partial charge in [-0.25, -0.2) is 5.43 Å². The lowest BCUT2D eigenvalue weighted by Gasteiger charge is -2.11. The number of carbonyl (C=O) groups excluding carboxylic acids is 1. The van der Waals surface area contributed by atoms with Crippen LogP contribution in [0.2, 0.25) is 0 Å². The molecule has 8 nitrogen and oxygen atoms in total. The summed E-state index contributed by atoms with van der Waals surface area (Å²) >= 11 is 1.30. The third-order valence-electron chi connectivity index (χ3n) is 4.98. The van der Waals surface area contributed by atoms with Crippen LogP contribution in [-0.2, 0) is 11.8 Å². The number of hydrogen-bond acceptors (Lipinski definition) is 6. The Kier molecular flexibility index (Phi) is 6.89. The summed E-state index contributed by atoms with van der Waals surface area (Å²) in [5.74, 6) is 1.38. The minimum absolute atomic E-state index is 0.150. The number of nitrogens with one attached hydrogen (secondary N) is 1. The zero-order valence-electron chi connectivity index (χ0n) is 18.6. The molecule has 9 heteroatoms. The van der Waals surface area contributed by atoms with Crippen LogP contribution in [0.1, 0.15) is 11.3 Å². The van der Waals surface area contributed by atoms with Crippen molar-refractivity contribution in [3.63, 3.8) is 0 Å². The van der Waals surface area contributed by atoms with E-state index in [0.29, 0.717) is 11.0 Å². The molecule has 168 valence electrons. The molecule has 0 spiro atoms. The van der Waals surface area contributed by atoms with Gasteiger partial charge in [-0.2, -0.15) is 5.10 Å². The lowest BCUT2D eigenvalue weighted by atomic mass is 10.2. The number of carbonyl (C=O) groups is 1. The van der Waals surface area contributed by atoms with Gasteiger partial charge in [-0.15, -0.1) is 10.2 Å². The van der Waals surface area contributed by atoms with E-state index in [1.54, 1.807) is 13.3 Å². The number of methoxy groups -OCH3 is 1. The van der Waals surface area contributed by atoms with E-state index < -0.39 is 0 Å². The predicted octanol–water partition coefficient (Wildman–Crippen LogP) is 3.83. The molecular weight excluding hydrogens is 436 g/mol. The Bertz CT molecular complexity index is 1260. The molecule has 0 unspecified atom stereocenters. The Morgan fingerprint density at radius 2 is 1.88 bits per heavy atom. The summed E-state index contributed by atoms with van der Waals surface area (Å²) in [6, 6.07) is 19.6. The second-order valence-corrected chi connectivity index (χ2v) is 8.27. The lowest BCUT2D eigenvalue weighted by molar-refractivity contribution is -0.118. The number of amides is 1. The van der Waals surface area contributed by atoms with E-state index in [9.17, 15) is 4.79 Å². The maximum Gasteiger partial charge on any atom is 0.250 e. The topological polar surface area (TPSA) is 86.3 Å². The summed E-state index contributed by atoms with van der Waals surface area (Å²) < 4.78 is 9.12. The Labute approximate surface area is 196 Å². The summed E-state index contributed by atoms with van der Waals surface area (Å²) in [7, 11) is 3.55. The van der Waals surface area contributed by atoms with E-state index in [0.717, 1.165) is 28.3 Å². The molecule has 0 bridgehead atoms. The highest BCUT2D eigenvalue weighted by Gasteiger charge is 2.17. The van der Waals surface area contributed by atoms with Gasteiger partial charge < -0.3 is 9.30 Å². The first-order valence-corrected chi connectivity index (χ1v) is 11.3. The van der Waals surface area contributed by atoms with E-state index in [4.69, 9.17) is 4.74 Å². The van der Waals surface area contributed by atoms with Gasteiger partial charge in [0, 0.05) is 24.5 Å². The molecule has 2 heterocycles. The van der Waals surface area contributed by atoms with Crippen LogP contribution in [0.5, 0.6) is 5.75 Å². The first-order chi connectivity index (χ1) is 16.0. The molecule has 0 saturated carbocycles. The van der Waals surface area contributed by atoms with E-state index in [1.807, 2.05) is 90.0 Å². The smallest absolute Gasteiger partial charge is 0.250 e. The van der Waals surface area contributed by atoms with Crippen LogP contribution in [0.3, 0.4) is 0 Å². The van der Waals surface area contributed by atoms with Gasteiger partial charge in [0.15, 0.2) is 11.0 Å². The summed E-state index contributed by atoms with van der Waals surface area (Å²) in [6.45, 7) is 2.04. The molecule has 0 radical (unpaired) electrons. The van der Waals surface area contributed by atoms with Crippen LogP contribution in [0.25, 0.3) is 17.1 Å². The average Bonchev–Trinajstić information content (AvgIpc) is 3.44. The van der Waals surface area contributed by atoms with Gasteiger partial charge in [0.1, 0.15) is 5.75 Å². The highest BCUT2D eigenvalue weighted by molar-refractivity contribution is 7.99. The molecule has 0 aliphatic carbocycles. The number of hydrazone groups is 1. The van der Waals surface area contributed by atoms with E-state index in [-0.39, 0.29) is 11.7 Å². The maximum absolute atomic E-state index is 12.3. The van der Waals surface area contributed by atoms with Crippen molar-refractivity contribution in [1.82, 2.24) is 24.8 Å². The monoisotopic (exact) mass is 460 g/mol. The molecule has 0 atom stereocenters. The highest BCUT2D eigenvalue weighted by Crippen LogP contribution is 2.29. The Morgan fingerprint density at radius 1 is 1.12 bits per heavy atom. The van der Waals surface area contributed by atoms with E-state index in [2.05, 4.69) is 20.7 Å². The summed E-state index contributed by atoms with van der Waals surface area (Å²) in [4.78, 5) is 12.3. The quantitative estimate of drug-likeness (QED) is 0.245. The van der Waals surface area contributed by atoms with Crippen LogP contribution < -0.4 is 10.2 Å². The van der Waals surface area contributed by atoms with Gasteiger partial charge in [-0.05, 0) is 55.5 Å². The summed E-state index contributed by atoms with van der Waals surface area (Å²) in [5, 5.41) is 13.4. The number of thioether (sulfide) groups is 1. The van der Waals surface area contributed by atoms with Crippen LogP contribution in [0, 0.1) is 6.92 Å². The molecule has 4 aromatic rings. The van der Waals surface area contributed by atoms with Crippen molar-refractivity contribution in [3.8, 4) is 22.8 Å². The van der Waals surface area contributed by atoms with Gasteiger partial charge in [-0.3, -0.25) is 9.36 Å². The molecule has 1 N–H and O–H groups in total. The van der Waals surface area contributed by atoms with E-state index in [1.165, 1.54) is 11.8 Å². The van der Waals surface area contributed by atoms with Gasteiger partial charge in [-0.1, -0.05) is 29.5 Å². The number of hydrogen-bond donors (Lipinski definition) is 1. The van der Waals surface area contributed by atoms with Crippen molar-refractivity contribution in [2.75, 3.05) is 12.9 Å². The van der Waals surface area contributed by atoms with Crippen LogP contribution in [0.4, 0.5) is 0 Å². The number of aryl methyl sites for hydroxylation is 2. The Hall–Kier alpha value is -3.85. The number of nitrogens with zero attached hydrogens (tertiary/aromatic N) is 5. The van der Waals surface area contributed by atoms with Crippen molar-refractivity contribution >= 4 is 23.9 Å². The normalized spacial score (nSPS) is 11.1. The number of benzene rings is 2. The zero-order valence-corrected chi connectivity index (χ0v) is 19.4. The fourth-order valence-electron chi connectivity index (χ4n) is 3.16. The molecule has 33 heavy (non-hydrogen) atoms. The summed E-state index contributed by atoms with van der Waals surface area (Å²) in [6.07, 6.45) is 3.52. The fourth-order valence-corrected chi connectivity index (χ4v) is 3.90. The molecule has 0 aliphatic heterocycles. The Morgan fingerprint density at radius 3 is 2.55 bits per heavy atom. The predicted molar refractivity (Wildman–Crippen MR) is 130 cm³/mol. The van der Waals surface area contributed by atoms with Gasteiger partial charge in [0.25, 0.3) is 5.91 Å². The Balaban J connectivity index is 1.54. The summed E-state index contributed by atoms with van der Waals surface area (Å²) in [5.41, 5.74) is 6.42. The number of aromatic nitrogens is 4. The largest absolute Gasteiger partial charge is 0.497 e. The highest BCUT2D eigenvalue weighted by atomic mass is 32.2. The minimum atomic E-state index is -0.227. The molecule has 4 rings (SSSR count). The SMILES string of the molecule is COc1ccc(-c2nnc(SCC(=O)NN=Cc3cccn3C)n2-c2ccc(C)cc2)cc1. The molecular formula is C24H24N6O2S. The standard InChI is InChI=1S/C24H24N6O2S/c1-17-6-10-19(11-7-17)30-23(18-8-12-21(32-3)13-9-18)27-28-24(30)33-16-22(31)26-25-15-20-5-4-14-29(20)2/h4-15H,16H2,1-3H3,(H,26,31). The molecule has 1 amide bonds. The number of ether oxygens (including phenoxy) is 1. The van der Waals surface area contributed by atoms with Crippen LogP contribution >= 0.6 is 11.8 Å². The number of rotatable bonds is 8. The average molecular weight is 461 g/mol. The molecule has 0 aliphatic rings. The van der Waals surface area contributed by atoms with Gasteiger partial charge in [0.2, 0.25) is 0 Å². The van der Waals surface area contributed by atoms with Crippen LogP contribution in [-0.4, -0.2) is 44.3 Å². The molecule has 2 aromatic carbocycles. The van der Waals surface area contributed by atoms with Crippen molar-refractivity contribution in [1.29, 1.82) is 0 Å². The lowest BCUT2D eigenvalue weighted by Crippen LogP contribution is -2.20. The van der Waals surface area contributed by atoms with E-state index >= 15 is 0 Å².